The van der Waals surface area contributed by atoms with Gasteiger partial charge in [0.2, 0.25) is 5.78 Å². The first kappa shape index (κ1) is 20.1. The van der Waals surface area contributed by atoms with Crippen LogP contribution in [0, 0.1) is 17.0 Å². The third-order valence-corrected chi connectivity index (χ3v) is 3.69. The molecular weight excluding hydrogens is 367 g/mol. The lowest BCUT2D eigenvalue weighted by Crippen LogP contribution is -2.16. The molecule has 0 bridgehead atoms. The van der Waals surface area contributed by atoms with Crippen LogP contribution < -0.4 is 0 Å². The van der Waals surface area contributed by atoms with Gasteiger partial charge in [0, 0.05) is 17.2 Å². The SMILES string of the molecule is Cc1ccc(C(=O)COC(=O)Cc2cccc(C(F)(F)F)c2)cc1[N+](=O)[O-]. The van der Waals surface area contributed by atoms with Gasteiger partial charge in [0.1, 0.15) is 0 Å². The first-order valence-corrected chi connectivity index (χ1v) is 7.68. The summed E-state index contributed by atoms with van der Waals surface area (Å²) in [5.41, 5.74) is -0.669. The molecule has 9 heteroatoms. The second-order valence-corrected chi connectivity index (χ2v) is 5.72. The number of carbonyl (C=O) groups is 2. The van der Waals surface area contributed by atoms with E-state index in [1.54, 1.807) is 0 Å². The van der Waals surface area contributed by atoms with E-state index in [4.69, 9.17) is 4.74 Å². The van der Waals surface area contributed by atoms with Crippen molar-refractivity contribution in [3.8, 4) is 0 Å². The summed E-state index contributed by atoms with van der Waals surface area (Å²) in [5.74, 6) is -1.54. The van der Waals surface area contributed by atoms with Crippen LogP contribution in [0.5, 0.6) is 0 Å². The van der Waals surface area contributed by atoms with E-state index in [-0.39, 0.29) is 16.8 Å². The molecule has 2 rings (SSSR count). The van der Waals surface area contributed by atoms with Crippen molar-refractivity contribution < 1.29 is 32.4 Å². The predicted octanol–water partition coefficient (Wildman–Crippen LogP) is 3.89. The topological polar surface area (TPSA) is 86.5 Å². The van der Waals surface area contributed by atoms with Crippen LogP contribution in [0.15, 0.2) is 42.5 Å². The third kappa shape index (κ3) is 5.37. The molecule has 0 aliphatic heterocycles. The summed E-state index contributed by atoms with van der Waals surface area (Å²) in [5, 5.41) is 10.9. The Hall–Kier alpha value is -3.23. The van der Waals surface area contributed by atoms with Gasteiger partial charge in [-0.05, 0) is 18.6 Å². The minimum absolute atomic E-state index is 0.000770. The first-order chi connectivity index (χ1) is 12.6. The molecule has 0 aliphatic carbocycles. The molecule has 0 radical (unpaired) electrons. The van der Waals surface area contributed by atoms with Gasteiger partial charge in [-0.15, -0.1) is 0 Å². The summed E-state index contributed by atoms with van der Waals surface area (Å²) in [6.07, 6.45) is -4.97. The predicted molar refractivity (Wildman–Crippen MR) is 88.3 cm³/mol. The number of nitro benzene ring substituents is 1. The minimum Gasteiger partial charge on any atom is -0.457 e. The number of esters is 1. The highest BCUT2D eigenvalue weighted by Crippen LogP contribution is 2.29. The molecule has 2 aromatic carbocycles. The van der Waals surface area contributed by atoms with Gasteiger partial charge in [0.25, 0.3) is 5.69 Å². The average molecular weight is 381 g/mol. The maximum Gasteiger partial charge on any atom is 0.416 e. The largest absolute Gasteiger partial charge is 0.457 e. The van der Waals surface area contributed by atoms with E-state index in [0.29, 0.717) is 5.56 Å². The summed E-state index contributed by atoms with van der Waals surface area (Å²) < 4.78 is 42.7. The number of hydrogen-bond donors (Lipinski definition) is 0. The summed E-state index contributed by atoms with van der Waals surface area (Å²) in [4.78, 5) is 34.1. The second-order valence-electron chi connectivity index (χ2n) is 5.72. The van der Waals surface area contributed by atoms with Crippen molar-refractivity contribution in [3.63, 3.8) is 0 Å². The number of benzene rings is 2. The Kier molecular flexibility index (Phi) is 5.94. The Bertz CT molecular complexity index is 893. The summed E-state index contributed by atoms with van der Waals surface area (Å²) >= 11 is 0. The Morgan fingerprint density at radius 1 is 1.15 bits per heavy atom. The monoisotopic (exact) mass is 381 g/mol. The number of Topliss-reactive ketones (excluding diaryl/α,β-unsaturated/α-hetero) is 1. The van der Waals surface area contributed by atoms with Gasteiger partial charge in [0.05, 0.1) is 16.9 Å². The lowest BCUT2D eigenvalue weighted by molar-refractivity contribution is -0.385. The van der Waals surface area contributed by atoms with E-state index in [2.05, 4.69) is 0 Å². The zero-order valence-electron chi connectivity index (χ0n) is 14.1. The highest BCUT2D eigenvalue weighted by molar-refractivity contribution is 5.98. The van der Waals surface area contributed by atoms with E-state index in [9.17, 15) is 32.9 Å². The van der Waals surface area contributed by atoms with Crippen LogP contribution in [-0.4, -0.2) is 23.3 Å². The van der Waals surface area contributed by atoms with Crippen molar-refractivity contribution in [2.24, 2.45) is 0 Å². The molecule has 27 heavy (non-hydrogen) atoms. The molecule has 0 saturated carbocycles. The van der Waals surface area contributed by atoms with Crippen LogP contribution in [0.25, 0.3) is 0 Å². The van der Waals surface area contributed by atoms with Crippen LogP contribution in [0.2, 0.25) is 0 Å². The van der Waals surface area contributed by atoms with E-state index >= 15 is 0 Å². The molecule has 0 heterocycles. The van der Waals surface area contributed by atoms with Crippen LogP contribution in [0.4, 0.5) is 18.9 Å². The fourth-order valence-corrected chi connectivity index (χ4v) is 2.28. The van der Waals surface area contributed by atoms with Gasteiger partial charge in [-0.25, -0.2) is 0 Å². The summed E-state index contributed by atoms with van der Waals surface area (Å²) in [6.45, 7) is 0.847. The summed E-state index contributed by atoms with van der Waals surface area (Å²) in [7, 11) is 0. The molecule has 0 amide bonds. The van der Waals surface area contributed by atoms with Crippen molar-refractivity contribution in [1.82, 2.24) is 0 Å². The molecule has 0 spiro atoms. The quantitative estimate of drug-likeness (QED) is 0.328. The Morgan fingerprint density at radius 3 is 2.48 bits per heavy atom. The number of nitro groups is 1. The zero-order valence-corrected chi connectivity index (χ0v) is 14.1. The number of rotatable bonds is 6. The van der Waals surface area contributed by atoms with E-state index in [1.807, 2.05) is 0 Å². The number of alkyl halides is 3. The lowest BCUT2D eigenvalue weighted by Gasteiger charge is -2.09. The van der Waals surface area contributed by atoms with Gasteiger partial charge in [0.15, 0.2) is 6.61 Å². The van der Waals surface area contributed by atoms with Crippen LogP contribution in [0.1, 0.15) is 27.0 Å². The van der Waals surface area contributed by atoms with Crippen LogP contribution >= 0.6 is 0 Å². The van der Waals surface area contributed by atoms with E-state index in [0.717, 1.165) is 18.2 Å². The van der Waals surface area contributed by atoms with Crippen molar-refractivity contribution >= 4 is 17.4 Å². The molecule has 142 valence electrons. The zero-order chi connectivity index (χ0) is 20.2. The molecule has 0 saturated heterocycles. The highest BCUT2D eigenvalue weighted by Gasteiger charge is 2.30. The van der Waals surface area contributed by atoms with Crippen LogP contribution in [-0.2, 0) is 22.1 Å². The molecule has 0 aliphatic rings. The maximum absolute atomic E-state index is 12.7. The van der Waals surface area contributed by atoms with Gasteiger partial charge >= 0.3 is 12.1 Å². The second kappa shape index (κ2) is 7.98. The third-order valence-electron chi connectivity index (χ3n) is 3.69. The average Bonchev–Trinajstić information content (AvgIpc) is 2.59. The Balaban J connectivity index is 1.99. The highest BCUT2D eigenvalue weighted by atomic mass is 19.4. The molecule has 0 unspecified atom stereocenters. The van der Waals surface area contributed by atoms with Crippen molar-refractivity contribution in [1.29, 1.82) is 0 Å². The number of hydrogen-bond acceptors (Lipinski definition) is 5. The van der Waals surface area contributed by atoms with E-state index in [1.165, 1.54) is 31.2 Å². The molecule has 2 aromatic rings. The van der Waals surface area contributed by atoms with Crippen molar-refractivity contribution in [2.45, 2.75) is 19.5 Å². The molecule has 0 fully saturated rings. The Morgan fingerprint density at radius 2 is 1.85 bits per heavy atom. The summed E-state index contributed by atoms with van der Waals surface area (Å²) in [6, 6.07) is 8.05. The van der Waals surface area contributed by atoms with Gasteiger partial charge in [-0.3, -0.25) is 19.7 Å². The molecular formula is C18H14F3NO5. The normalized spacial score (nSPS) is 11.1. The number of carbonyl (C=O) groups excluding carboxylic acids is 2. The Labute approximate surface area is 151 Å². The van der Waals surface area contributed by atoms with Gasteiger partial charge < -0.3 is 4.74 Å². The molecule has 0 N–H and O–H groups in total. The number of ketones is 1. The standard InChI is InChI=1S/C18H14F3NO5/c1-11-5-6-13(9-15(11)22(25)26)16(23)10-27-17(24)8-12-3-2-4-14(7-12)18(19,20)21/h2-7,9H,8,10H2,1H3. The first-order valence-electron chi connectivity index (χ1n) is 7.68. The van der Waals surface area contributed by atoms with Gasteiger partial charge in [-0.1, -0.05) is 30.3 Å². The van der Waals surface area contributed by atoms with E-state index < -0.39 is 41.4 Å². The maximum atomic E-state index is 12.7. The van der Waals surface area contributed by atoms with Crippen molar-refractivity contribution in [2.75, 3.05) is 6.61 Å². The number of halogens is 3. The van der Waals surface area contributed by atoms with Gasteiger partial charge in [-0.2, -0.15) is 13.2 Å². The fraction of sp³-hybridized carbons (Fsp3) is 0.222. The fourth-order valence-electron chi connectivity index (χ4n) is 2.28. The molecule has 0 atom stereocenters. The number of aryl methyl sites for hydroxylation is 1. The molecule has 6 nitrogen and oxygen atoms in total. The number of nitrogens with zero attached hydrogens (tertiary/aromatic N) is 1. The molecule has 0 aromatic heterocycles. The minimum atomic E-state index is -4.53. The smallest absolute Gasteiger partial charge is 0.416 e. The number of ether oxygens (including phenoxy) is 1. The van der Waals surface area contributed by atoms with Crippen LogP contribution in [0.3, 0.4) is 0 Å². The van der Waals surface area contributed by atoms with Crippen molar-refractivity contribution in [3.05, 3.63) is 74.8 Å². The lowest BCUT2D eigenvalue weighted by atomic mass is 10.1.